The third kappa shape index (κ3) is 10.3. The standard InChI is InChI=1S/C20H36N8O5S/c1-12(29)26-14(7-10-34-2)19(33)28-9-4-6-15(28)18(32)27-13(5-3-8-24-20(22)23)17(31)25-11-16(21)30/h13-15H,3-11H2,1-2H3,(H2,21,30)(H,25,31)(H,26,29)(H,27,32)(H4,22,23,24). The van der Waals surface area contributed by atoms with Crippen LogP contribution in [0.3, 0.4) is 0 Å². The molecule has 0 aromatic rings. The number of carbonyl (C=O) groups is 5. The number of primary amides is 1. The molecule has 9 N–H and O–H groups in total. The number of carbonyl (C=O) groups excluding carboxylic acids is 5. The van der Waals surface area contributed by atoms with Gasteiger partial charge in [0.1, 0.15) is 18.1 Å². The van der Waals surface area contributed by atoms with Crippen LogP contribution in [0.25, 0.3) is 0 Å². The van der Waals surface area contributed by atoms with Crippen LogP contribution < -0.4 is 33.2 Å². The van der Waals surface area contributed by atoms with E-state index in [-0.39, 0.29) is 37.3 Å². The van der Waals surface area contributed by atoms with E-state index in [9.17, 15) is 24.0 Å². The Morgan fingerprint density at radius 1 is 1.09 bits per heavy atom. The van der Waals surface area contributed by atoms with E-state index in [1.165, 1.54) is 11.8 Å². The predicted molar refractivity (Wildman–Crippen MR) is 129 cm³/mol. The molecule has 5 amide bonds. The Morgan fingerprint density at radius 3 is 2.38 bits per heavy atom. The molecule has 0 aromatic heterocycles. The maximum absolute atomic E-state index is 13.1. The smallest absolute Gasteiger partial charge is 0.245 e. The monoisotopic (exact) mass is 500 g/mol. The Hall–Kier alpha value is -3.03. The van der Waals surface area contributed by atoms with Gasteiger partial charge >= 0.3 is 0 Å². The molecule has 1 saturated heterocycles. The third-order valence-corrected chi connectivity index (χ3v) is 5.78. The van der Waals surface area contributed by atoms with Crippen LogP contribution in [0.4, 0.5) is 0 Å². The maximum Gasteiger partial charge on any atom is 0.245 e. The highest BCUT2D eigenvalue weighted by atomic mass is 32.2. The van der Waals surface area contributed by atoms with Gasteiger partial charge in [0.25, 0.3) is 0 Å². The van der Waals surface area contributed by atoms with Crippen molar-refractivity contribution in [3.63, 3.8) is 0 Å². The minimum atomic E-state index is -0.971. The summed E-state index contributed by atoms with van der Waals surface area (Å²) in [4.78, 5) is 66.7. The van der Waals surface area contributed by atoms with Crippen molar-refractivity contribution in [3.8, 4) is 0 Å². The molecule has 34 heavy (non-hydrogen) atoms. The normalized spacial score (nSPS) is 16.8. The fourth-order valence-corrected chi connectivity index (χ4v) is 4.05. The Bertz CT molecular complexity index is 774. The highest BCUT2D eigenvalue weighted by molar-refractivity contribution is 7.98. The molecule has 3 unspecified atom stereocenters. The summed E-state index contributed by atoms with van der Waals surface area (Å²) in [7, 11) is 0. The molecule has 13 nitrogen and oxygen atoms in total. The van der Waals surface area contributed by atoms with E-state index >= 15 is 0 Å². The fourth-order valence-electron chi connectivity index (χ4n) is 3.58. The van der Waals surface area contributed by atoms with Crippen molar-refractivity contribution in [2.75, 3.05) is 31.6 Å². The van der Waals surface area contributed by atoms with Crippen molar-refractivity contribution in [1.29, 1.82) is 0 Å². The molecule has 0 radical (unpaired) electrons. The van der Waals surface area contributed by atoms with Crippen molar-refractivity contribution in [2.24, 2.45) is 22.2 Å². The minimum Gasteiger partial charge on any atom is -0.370 e. The highest BCUT2D eigenvalue weighted by Gasteiger charge is 2.38. The molecular weight excluding hydrogens is 464 g/mol. The van der Waals surface area contributed by atoms with Crippen LogP contribution in [0.2, 0.25) is 0 Å². The number of nitrogens with two attached hydrogens (primary N) is 3. The number of amides is 5. The zero-order valence-corrected chi connectivity index (χ0v) is 20.5. The number of hydrogen-bond acceptors (Lipinski definition) is 7. The van der Waals surface area contributed by atoms with E-state index in [1.807, 2.05) is 6.26 Å². The third-order valence-electron chi connectivity index (χ3n) is 5.14. The summed E-state index contributed by atoms with van der Waals surface area (Å²) >= 11 is 1.55. The van der Waals surface area contributed by atoms with Crippen LogP contribution in [-0.4, -0.2) is 90.2 Å². The molecule has 1 rings (SSSR count). The van der Waals surface area contributed by atoms with Gasteiger partial charge in [-0.25, -0.2) is 0 Å². The molecule has 0 aromatic carbocycles. The molecule has 1 aliphatic rings. The SMILES string of the molecule is CSCCC(NC(C)=O)C(=O)N1CCCC1C(=O)NC(CCCN=C(N)N)C(=O)NCC(N)=O. The second-order valence-corrected chi connectivity index (χ2v) is 8.90. The Kier molecular flexibility index (Phi) is 12.8. The number of rotatable bonds is 14. The molecule has 1 fully saturated rings. The first kappa shape index (κ1) is 29.0. The molecule has 1 heterocycles. The summed E-state index contributed by atoms with van der Waals surface area (Å²) in [5.41, 5.74) is 15.7. The zero-order valence-electron chi connectivity index (χ0n) is 19.7. The first-order chi connectivity index (χ1) is 16.1. The average Bonchev–Trinajstić information content (AvgIpc) is 3.26. The Morgan fingerprint density at radius 2 is 1.79 bits per heavy atom. The minimum absolute atomic E-state index is 0.0888. The van der Waals surface area contributed by atoms with E-state index in [4.69, 9.17) is 17.2 Å². The molecule has 0 saturated carbocycles. The van der Waals surface area contributed by atoms with Crippen LogP contribution >= 0.6 is 11.8 Å². The van der Waals surface area contributed by atoms with Gasteiger partial charge in [-0.15, -0.1) is 0 Å². The summed E-state index contributed by atoms with van der Waals surface area (Å²) in [5, 5.41) is 7.72. The van der Waals surface area contributed by atoms with E-state index < -0.39 is 35.8 Å². The Labute approximate surface area is 203 Å². The molecule has 0 aliphatic carbocycles. The predicted octanol–water partition coefficient (Wildman–Crippen LogP) is -2.62. The fraction of sp³-hybridized carbons (Fsp3) is 0.700. The van der Waals surface area contributed by atoms with Gasteiger partial charge in [-0.1, -0.05) is 0 Å². The Balaban J connectivity index is 2.91. The lowest BCUT2D eigenvalue weighted by Gasteiger charge is -2.29. The van der Waals surface area contributed by atoms with Crippen molar-refractivity contribution in [3.05, 3.63) is 0 Å². The van der Waals surface area contributed by atoms with Crippen LogP contribution in [0.5, 0.6) is 0 Å². The molecule has 0 bridgehead atoms. The topological polar surface area (TPSA) is 215 Å². The molecule has 14 heteroatoms. The van der Waals surface area contributed by atoms with E-state index in [1.54, 1.807) is 11.8 Å². The number of aliphatic imine (C=N–C) groups is 1. The van der Waals surface area contributed by atoms with Crippen molar-refractivity contribution in [2.45, 2.75) is 57.2 Å². The molecule has 1 aliphatic heterocycles. The first-order valence-electron chi connectivity index (χ1n) is 11.0. The van der Waals surface area contributed by atoms with Gasteiger partial charge in [-0.2, -0.15) is 11.8 Å². The van der Waals surface area contributed by atoms with Crippen molar-refractivity contribution >= 4 is 47.3 Å². The number of likely N-dealkylation sites (tertiary alicyclic amines) is 1. The van der Waals surface area contributed by atoms with E-state index in [0.29, 0.717) is 38.0 Å². The quantitative estimate of drug-likeness (QED) is 0.0840. The summed E-state index contributed by atoms with van der Waals surface area (Å²) in [6, 6.07) is -2.48. The highest BCUT2D eigenvalue weighted by Crippen LogP contribution is 2.20. The van der Waals surface area contributed by atoms with Crippen molar-refractivity contribution in [1.82, 2.24) is 20.9 Å². The van der Waals surface area contributed by atoms with Gasteiger partial charge in [-0.3, -0.25) is 29.0 Å². The van der Waals surface area contributed by atoms with Crippen LogP contribution in [0.1, 0.15) is 39.0 Å². The number of guanidine groups is 1. The second kappa shape index (κ2) is 15.0. The molecule has 3 atom stereocenters. The van der Waals surface area contributed by atoms with Crippen LogP contribution in [-0.2, 0) is 24.0 Å². The second-order valence-electron chi connectivity index (χ2n) is 7.92. The van der Waals surface area contributed by atoms with E-state index in [2.05, 4.69) is 20.9 Å². The maximum atomic E-state index is 13.1. The van der Waals surface area contributed by atoms with Gasteiger partial charge in [0.15, 0.2) is 5.96 Å². The zero-order chi connectivity index (χ0) is 25.7. The largest absolute Gasteiger partial charge is 0.370 e. The molecule has 192 valence electrons. The number of nitrogens with zero attached hydrogens (tertiary/aromatic N) is 2. The van der Waals surface area contributed by atoms with Gasteiger partial charge in [0.2, 0.25) is 29.5 Å². The summed E-state index contributed by atoms with van der Waals surface area (Å²) < 4.78 is 0. The van der Waals surface area contributed by atoms with Gasteiger partial charge < -0.3 is 38.1 Å². The number of hydrogen-bond donors (Lipinski definition) is 6. The van der Waals surface area contributed by atoms with E-state index in [0.717, 1.165) is 0 Å². The number of nitrogens with one attached hydrogen (secondary N) is 3. The lowest BCUT2D eigenvalue weighted by molar-refractivity contribution is -0.142. The summed E-state index contributed by atoms with van der Waals surface area (Å²) in [6.45, 7) is 1.58. The average molecular weight is 501 g/mol. The number of thioether (sulfide) groups is 1. The first-order valence-corrected chi connectivity index (χ1v) is 12.4. The van der Waals surface area contributed by atoms with Gasteiger partial charge in [-0.05, 0) is 44.1 Å². The summed E-state index contributed by atoms with van der Waals surface area (Å²) in [5.74, 6) is -1.87. The van der Waals surface area contributed by atoms with Crippen LogP contribution in [0, 0.1) is 0 Å². The molecular formula is C20H36N8O5S. The van der Waals surface area contributed by atoms with Crippen LogP contribution in [0.15, 0.2) is 4.99 Å². The summed E-state index contributed by atoms with van der Waals surface area (Å²) in [6.07, 6.45) is 3.97. The molecule has 0 spiro atoms. The lowest BCUT2D eigenvalue weighted by Crippen LogP contribution is -2.56. The van der Waals surface area contributed by atoms with Crippen molar-refractivity contribution < 1.29 is 24.0 Å². The van der Waals surface area contributed by atoms with Gasteiger partial charge in [0, 0.05) is 20.0 Å². The van der Waals surface area contributed by atoms with Gasteiger partial charge in [0.05, 0.1) is 6.54 Å². The lowest BCUT2D eigenvalue weighted by atomic mass is 10.1.